The zero-order chi connectivity index (χ0) is 15.7. The normalized spacial score (nSPS) is 12.2. The number of carbonyl (C=O) groups is 1. The van der Waals surface area contributed by atoms with E-state index in [0.29, 0.717) is 0 Å². The van der Waals surface area contributed by atoms with Crippen LogP contribution in [0.5, 0.6) is 0 Å². The SMILES string of the molecule is CCCCc1ccc(NC(C)C(=O)NC(CC)CC)cc1. The van der Waals surface area contributed by atoms with E-state index in [1.807, 2.05) is 6.92 Å². The van der Waals surface area contributed by atoms with Crippen molar-refractivity contribution in [2.75, 3.05) is 5.32 Å². The molecule has 2 N–H and O–H groups in total. The monoisotopic (exact) mass is 290 g/mol. The van der Waals surface area contributed by atoms with Gasteiger partial charge in [-0.05, 0) is 50.3 Å². The van der Waals surface area contributed by atoms with Crippen LogP contribution < -0.4 is 10.6 Å². The van der Waals surface area contributed by atoms with Gasteiger partial charge in [0.05, 0.1) is 0 Å². The lowest BCUT2D eigenvalue weighted by Crippen LogP contribution is -2.42. The summed E-state index contributed by atoms with van der Waals surface area (Å²) in [6.07, 6.45) is 5.51. The number of carbonyl (C=O) groups excluding carboxylic acids is 1. The Labute approximate surface area is 129 Å². The summed E-state index contributed by atoms with van der Waals surface area (Å²) in [6.45, 7) is 8.31. The van der Waals surface area contributed by atoms with Gasteiger partial charge in [-0.2, -0.15) is 0 Å². The molecule has 0 fully saturated rings. The third-order valence-electron chi connectivity index (χ3n) is 3.88. The van der Waals surface area contributed by atoms with Gasteiger partial charge in [0, 0.05) is 11.7 Å². The van der Waals surface area contributed by atoms with Gasteiger partial charge in [-0.15, -0.1) is 0 Å². The van der Waals surface area contributed by atoms with E-state index in [9.17, 15) is 4.79 Å². The summed E-state index contributed by atoms with van der Waals surface area (Å²) >= 11 is 0. The highest BCUT2D eigenvalue weighted by atomic mass is 16.2. The van der Waals surface area contributed by atoms with E-state index in [1.165, 1.54) is 18.4 Å². The largest absolute Gasteiger partial charge is 0.374 e. The van der Waals surface area contributed by atoms with Gasteiger partial charge in [-0.1, -0.05) is 39.3 Å². The Balaban J connectivity index is 2.50. The minimum absolute atomic E-state index is 0.0683. The van der Waals surface area contributed by atoms with Crippen LogP contribution in [0.1, 0.15) is 58.9 Å². The molecule has 0 radical (unpaired) electrons. The summed E-state index contributed by atoms with van der Waals surface area (Å²) in [7, 11) is 0. The number of anilines is 1. The van der Waals surface area contributed by atoms with Crippen molar-refractivity contribution >= 4 is 11.6 Å². The van der Waals surface area contributed by atoms with Crippen molar-refractivity contribution < 1.29 is 4.79 Å². The van der Waals surface area contributed by atoms with Crippen LogP contribution in [0.25, 0.3) is 0 Å². The van der Waals surface area contributed by atoms with Gasteiger partial charge >= 0.3 is 0 Å². The number of benzene rings is 1. The molecule has 0 aliphatic heterocycles. The van der Waals surface area contributed by atoms with Crippen LogP contribution in [0.15, 0.2) is 24.3 Å². The molecule has 0 aromatic heterocycles. The highest BCUT2D eigenvalue weighted by molar-refractivity contribution is 5.84. The number of nitrogens with one attached hydrogen (secondary N) is 2. The van der Waals surface area contributed by atoms with E-state index in [4.69, 9.17) is 0 Å². The standard InChI is InChI=1S/C18H30N2O/c1-5-8-9-15-10-12-17(13-11-15)19-14(4)18(21)20-16(6-2)7-3/h10-14,16,19H,5-9H2,1-4H3,(H,20,21). The fraction of sp³-hybridized carbons (Fsp3) is 0.611. The van der Waals surface area contributed by atoms with Crippen molar-refractivity contribution in [3.8, 4) is 0 Å². The number of unbranched alkanes of at least 4 members (excludes halogenated alkanes) is 1. The molecule has 1 atom stereocenters. The Kier molecular flexibility index (Phi) is 7.88. The third-order valence-corrected chi connectivity index (χ3v) is 3.88. The number of hydrogen-bond donors (Lipinski definition) is 2. The van der Waals surface area contributed by atoms with Gasteiger partial charge in [0.15, 0.2) is 0 Å². The first kappa shape index (κ1) is 17.5. The summed E-state index contributed by atoms with van der Waals surface area (Å²) < 4.78 is 0. The fourth-order valence-corrected chi connectivity index (χ4v) is 2.28. The van der Waals surface area contributed by atoms with Gasteiger partial charge in [-0.3, -0.25) is 4.79 Å². The van der Waals surface area contributed by atoms with E-state index in [-0.39, 0.29) is 18.0 Å². The first-order valence-electron chi connectivity index (χ1n) is 8.26. The second kappa shape index (κ2) is 9.43. The molecule has 118 valence electrons. The summed E-state index contributed by atoms with van der Waals surface area (Å²) in [5.74, 6) is 0.0683. The Morgan fingerprint density at radius 1 is 1.10 bits per heavy atom. The second-order valence-corrected chi connectivity index (χ2v) is 5.69. The summed E-state index contributed by atoms with van der Waals surface area (Å²) in [5.41, 5.74) is 2.36. The molecular formula is C18H30N2O. The smallest absolute Gasteiger partial charge is 0.242 e. The second-order valence-electron chi connectivity index (χ2n) is 5.69. The molecule has 0 aliphatic carbocycles. The van der Waals surface area contributed by atoms with Crippen LogP contribution in [0.2, 0.25) is 0 Å². The van der Waals surface area contributed by atoms with Crippen LogP contribution >= 0.6 is 0 Å². The third kappa shape index (κ3) is 6.19. The van der Waals surface area contributed by atoms with Crippen molar-refractivity contribution in [2.45, 2.75) is 71.9 Å². The van der Waals surface area contributed by atoms with Gasteiger partial charge in [0.1, 0.15) is 6.04 Å². The molecule has 0 saturated carbocycles. The molecule has 0 aliphatic rings. The molecule has 1 aromatic rings. The van der Waals surface area contributed by atoms with Crippen LogP contribution in [0, 0.1) is 0 Å². The minimum atomic E-state index is -0.216. The maximum atomic E-state index is 12.1. The van der Waals surface area contributed by atoms with E-state index >= 15 is 0 Å². The topological polar surface area (TPSA) is 41.1 Å². The van der Waals surface area contributed by atoms with Crippen molar-refractivity contribution in [2.24, 2.45) is 0 Å². The first-order chi connectivity index (χ1) is 10.1. The van der Waals surface area contributed by atoms with Crippen LogP contribution in [0.4, 0.5) is 5.69 Å². The molecule has 1 amide bonds. The van der Waals surface area contributed by atoms with Gasteiger partial charge in [0.25, 0.3) is 0 Å². The quantitative estimate of drug-likeness (QED) is 0.718. The van der Waals surface area contributed by atoms with Crippen LogP contribution in [-0.4, -0.2) is 18.0 Å². The van der Waals surface area contributed by atoms with Gasteiger partial charge < -0.3 is 10.6 Å². The lowest BCUT2D eigenvalue weighted by atomic mass is 10.1. The average molecular weight is 290 g/mol. The fourth-order valence-electron chi connectivity index (χ4n) is 2.28. The molecule has 1 unspecified atom stereocenters. The van der Waals surface area contributed by atoms with Crippen LogP contribution in [0.3, 0.4) is 0 Å². The number of amides is 1. The predicted octanol–water partition coefficient (Wildman–Crippen LogP) is 4.13. The Hall–Kier alpha value is -1.51. The molecule has 0 saturated heterocycles. The number of rotatable bonds is 9. The maximum absolute atomic E-state index is 12.1. The molecule has 3 nitrogen and oxygen atoms in total. The van der Waals surface area contributed by atoms with Crippen molar-refractivity contribution in [3.05, 3.63) is 29.8 Å². The Morgan fingerprint density at radius 3 is 2.24 bits per heavy atom. The molecule has 0 bridgehead atoms. The van der Waals surface area contributed by atoms with E-state index in [0.717, 1.165) is 24.9 Å². The lowest BCUT2D eigenvalue weighted by Gasteiger charge is -2.20. The van der Waals surface area contributed by atoms with Crippen molar-refractivity contribution in [1.29, 1.82) is 0 Å². The summed E-state index contributed by atoms with van der Waals surface area (Å²) in [6, 6.07) is 8.47. The molecule has 1 rings (SSSR count). The Bertz CT molecular complexity index is 410. The number of aryl methyl sites for hydroxylation is 1. The zero-order valence-electron chi connectivity index (χ0n) is 13.9. The molecule has 1 aromatic carbocycles. The molecular weight excluding hydrogens is 260 g/mol. The van der Waals surface area contributed by atoms with Crippen LogP contribution in [-0.2, 0) is 11.2 Å². The van der Waals surface area contributed by atoms with Gasteiger partial charge in [0.2, 0.25) is 5.91 Å². The minimum Gasteiger partial charge on any atom is -0.374 e. The average Bonchev–Trinajstić information content (AvgIpc) is 2.51. The first-order valence-corrected chi connectivity index (χ1v) is 8.26. The summed E-state index contributed by atoms with van der Waals surface area (Å²) in [5, 5.41) is 6.34. The predicted molar refractivity (Wildman–Crippen MR) is 90.7 cm³/mol. The maximum Gasteiger partial charge on any atom is 0.242 e. The molecule has 0 heterocycles. The van der Waals surface area contributed by atoms with Crippen molar-refractivity contribution in [1.82, 2.24) is 5.32 Å². The Morgan fingerprint density at radius 2 is 1.71 bits per heavy atom. The van der Waals surface area contributed by atoms with E-state index in [2.05, 4.69) is 55.7 Å². The number of hydrogen-bond acceptors (Lipinski definition) is 2. The van der Waals surface area contributed by atoms with Gasteiger partial charge in [-0.25, -0.2) is 0 Å². The highest BCUT2D eigenvalue weighted by Gasteiger charge is 2.15. The molecule has 0 spiro atoms. The lowest BCUT2D eigenvalue weighted by molar-refractivity contribution is -0.122. The van der Waals surface area contributed by atoms with E-state index in [1.54, 1.807) is 0 Å². The summed E-state index contributed by atoms with van der Waals surface area (Å²) in [4.78, 5) is 12.1. The van der Waals surface area contributed by atoms with E-state index < -0.39 is 0 Å². The highest BCUT2D eigenvalue weighted by Crippen LogP contribution is 2.13. The molecule has 21 heavy (non-hydrogen) atoms. The zero-order valence-corrected chi connectivity index (χ0v) is 13.9. The van der Waals surface area contributed by atoms with Crippen molar-refractivity contribution in [3.63, 3.8) is 0 Å². The molecule has 3 heteroatoms.